The summed E-state index contributed by atoms with van der Waals surface area (Å²) in [6.45, 7) is 0.980. The maximum Gasteiger partial charge on any atom is 0.0213 e. The van der Waals surface area contributed by atoms with E-state index in [2.05, 4.69) is 29.6 Å². The number of thioether (sulfide) groups is 1. The highest BCUT2D eigenvalue weighted by atomic mass is 32.2. The molecular formula is C14H21NS. The van der Waals surface area contributed by atoms with Crippen molar-refractivity contribution >= 4 is 11.8 Å². The van der Waals surface area contributed by atoms with Crippen molar-refractivity contribution in [3.05, 3.63) is 29.8 Å². The molecular weight excluding hydrogens is 214 g/mol. The summed E-state index contributed by atoms with van der Waals surface area (Å²) >= 11 is 2.04. The van der Waals surface area contributed by atoms with Crippen LogP contribution in [0, 0.1) is 5.92 Å². The van der Waals surface area contributed by atoms with Crippen LogP contribution in [0.5, 0.6) is 0 Å². The number of nitrogens with one attached hydrogen (secondary N) is 1. The van der Waals surface area contributed by atoms with Gasteiger partial charge >= 0.3 is 0 Å². The first-order valence-electron chi connectivity index (χ1n) is 6.25. The van der Waals surface area contributed by atoms with Gasteiger partial charge in [-0.25, -0.2) is 0 Å². The minimum atomic E-state index is 0.965. The van der Waals surface area contributed by atoms with E-state index in [1.807, 2.05) is 18.8 Å². The number of hydrogen-bond acceptors (Lipinski definition) is 2. The van der Waals surface area contributed by atoms with Crippen LogP contribution in [0.2, 0.25) is 0 Å². The Kier molecular flexibility index (Phi) is 4.73. The van der Waals surface area contributed by atoms with Crippen LogP contribution in [-0.2, 0) is 6.54 Å². The van der Waals surface area contributed by atoms with E-state index in [-0.39, 0.29) is 0 Å². The Morgan fingerprint density at radius 2 is 2.00 bits per heavy atom. The second-order valence-electron chi connectivity index (χ2n) is 4.60. The molecule has 0 spiro atoms. The first-order valence-corrected chi connectivity index (χ1v) is 7.24. The van der Waals surface area contributed by atoms with Gasteiger partial charge < -0.3 is 5.32 Å². The molecule has 0 bridgehead atoms. The molecule has 0 heterocycles. The molecule has 1 N–H and O–H groups in total. The van der Waals surface area contributed by atoms with Crippen LogP contribution in [0.1, 0.15) is 31.2 Å². The number of hydrogen-bond donors (Lipinski definition) is 1. The topological polar surface area (TPSA) is 12.0 Å². The van der Waals surface area contributed by atoms with Crippen LogP contribution >= 0.6 is 11.8 Å². The van der Waals surface area contributed by atoms with Crippen molar-refractivity contribution in [1.82, 2.24) is 5.32 Å². The average molecular weight is 235 g/mol. The second-order valence-corrected chi connectivity index (χ2v) is 5.66. The molecule has 0 unspecified atom stereocenters. The third kappa shape index (κ3) is 3.26. The van der Waals surface area contributed by atoms with Gasteiger partial charge in [0.05, 0.1) is 0 Å². The minimum Gasteiger partial charge on any atom is -0.316 e. The largest absolute Gasteiger partial charge is 0.316 e. The predicted octanol–water partition coefficient (Wildman–Crippen LogP) is 3.69. The van der Waals surface area contributed by atoms with Gasteiger partial charge in [-0.3, -0.25) is 0 Å². The molecule has 1 aliphatic carbocycles. The predicted molar refractivity (Wildman–Crippen MR) is 71.9 cm³/mol. The molecule has 1 aliphatic rings. The van der Waals surface area contributed by atoms with Crippen LogP contribution in [0.4, 0.5) is 0 Å². The van der Waals surface area contributed by atoms with Gasteiger partial charge in [-0.05, 0) is 37.4 Å². The van der Waals surface area contributed by atoms with Gasteiger partial charge in [0.2, 0.25) is 0 Å². The fourth-order valence-corrected chi connectivity index (χ4v) is 3.61. The highest BCUT2D eigenvalue weighted by Gasteiger charge is 2.15. The van der Waals surface area contributed by atoms with E-state index in [9.17, 15) is 0 Å². The molecule has 1 saturated carbocycles. The smallest absolute Gasteiger partial charge is 0.0213 e. The minimum absolute atomic E-state index is 0.965. The van der Waals surface area contributed by atoms with Gasteiger partial charge in [-0.2, -0.15) is 0 Å². The Bertz CT molecular complexity index is 318. The quantitative estimate of drug-likeness (QED) is 0.781. The molecule has 88 valence electrons. The molecule has 0 aliphatic heterocycles. The molecule has 0 saturated heterocycles. The lowest BCUT2D eigenvalue weighted by molar-refractivity contribution is 0.623. The van der Waals surface area contributed by atoms with E-state index < -0.39 is 0 Å². The summed E-state index contributed by atoms with van der Waals surface area (Å²) in [6, 6.07) is 8.77. The molecule has 1 aromatic rings. The molecule has 0 atom stereocenters. The SMILES string of the molecule is CNCc1ccccc1SCC1CCCC1. The van der Waals surface area contributed by atoms with Crippen molar-refractivity contribution in [2.24, 2.45) is 5.92 Å². The van der Waals surface area contributed by atoms with Crippen molar-refractivity contribution in [1.29, 1.82) is 0 Å². The summed E-state index contributed by atoms with van der Waals surface area (Å²) in [6.07, 6.45) is 5.79. The van der Waals surface area contributed by atoms with E-state index in [4.69, 9.17) is 0 Å². The summed E-state index contributed by atoms with van der Waals surface area (Å²) in [5.41, 5.74) is 1.44. The van der Waals surface area contributed by atoms with Crippen LogP contribution < -0.4 is 5.32 Å². The van der Waals surface area contributed by atoms with Gasteiger partial charge in [-0.15, -0.1) is 11.8 Å². The average Bonchev–Trinajstić information content (AvgIpc) is 2.81. The zero-order valence-electron chi connectivity index (χ0n) is 10.0. The molecule has 2 rings (SSSR count). The van der Waals surface area contributed by atoms with Gasteiger partial charge in [0.25, 0.3) is 0 Å². The monoisotopic (exact) mass is 235 g/mol. The van der Waals surface area contributed by atoms with Gasteiger partial charge in [-0.1, -0.05) is 31.0 Å². The van der Waals surface area contributed by atoms with Crippen molar-refractivity contribution in [3.8, 4) is 0 Å². The molecule has 0 radical (unpaired) electrons. The zero-order chi connectivity index (χ0) is 11.2. The van der Waals surface area contributed by atoms with E-state index >= 15 is 0 Å². The number of benzene rings is 1. The van der Waals surface area contributed by atoms with Crippen molar-refractivity contribution in [2.45, 2.75) is 37.1 Å². The summed E-state index contributed by atoms with van der Waals surface area (Å²) in [4.78, 5) is 1.46. The second kappa shape index (κ2) is 6.31. The normalized spacial score (nSPS) is 16.8. The van der Waals surface area contributed by atoms with Gasteiger partial charge in [0.1, 0.15) is 0 Å². The maximum absolute atomic E-state index is 3.24. The highest BCUT2D eigenvalue weighted by Crippen LogP contribution is 2.32. The fourth-order valence-electron chi connectivity index (χ4n) is 2.37. The van der Waals surface area contributed by atoms with E-state index in [0.29, 0.717) is 0 Å². The van der Waals surface area contributed by atoms with Crippen molar-refractivity contribution in [3.63, 3.8) is 0 Å². The Morgan fingerprint density at radius 3 is 2.75 bits per heavy atom. The highest BCUT2D eigenvalue weighted by molar-refractivity contribution is 7.99. The molecule has 1 nitrogen and oxygen atoms in total. The third-order valence-electron chi connectivity index (χ3n) is 3.29. The van der Waals surface area contributed by atoms with E-state index in [1.165, 1.54) is 41.9 Å². The van der Waals surface area contributed by atoms with Crippen LogP contribution in [-0.4, -0.2) is 12.8 Å². The lowest BCUT2D eigenvalue weighted by Gasteiger charge is -2.11. The molecule has 0 amide bonds. The molecule has 1 fully saturated rings. The van der Waals surface area contributed by atoms with Crippen molar-refractivity contribution in [2.75, 3.05) is 12.8 Å². The number of rotatable bonds is 5. The van der Waals surface area contributed by atoms with Crippen molar-refractivity contribution < 1.29 is 0 Å². The lowest BCUT2D eigenvalue weighted by Crippen LogP contribution is -2.06. The molecule has 1 aromatic carbocycles. The van der Waals surface area contributed by atoms with Crippen LogP contribution in [0.25, 0.3) is 0 Å². The standard InChI is InChI=1S/C14H21NS/c1-15-10-13-8-4-5-9-14(13)16-11-12-6-2-3-7-12/h4-5,8-9,12,15H,2-3,6-7,10-11H2,1H3. The van der Waals surface area contributed by atoms with Crippen LogP contribution in [0.15, 0.2) is 29.2 Å². The van der Waals surface area contributed by atoms with Gasteiger partial charge in [0.15, 0.2) is 0 Å². The molecule has 0 aromatic heterocycles. The summed E-state index contributed by atoms with van der Waals surface area (Å²) in [5, 5.41) is 3.24. The Hall–Kier alpha value is -0.470. The lowest BCUT2D eigenvalue weighted by atomic mass is 10.1. The Morgan fingerprint density at radius 1 is 1.25 bits per heavy atom. The van der Waals surface area contributed by atoms with Crippen LogP contribution in [0.3, 0.4) is 0 Å². The first kappa shape index (κ1) is 12.0. The van der Waals surface area contributed by atoms with Gasteiger partial charge in [0, 0.05) is 17.2 Å². The molecule has 2 heteroatoms. The summed E-state index contributed by atoms with van der Waals surface area (Å²) in [5.74, 6) is 2.27. The maximum atomic E-state index is 3.24. The summed E-state index contributed by atoms with van der Waals surface area (Å²) < 4.78 is 0. The third-order valence-corrected chi connectivity index (χ3v) is 4.64. The fraction of sp³-hybridized carbons (Fsp3) is 0.571. The Labute approximate surface area is 103 Å². The first-order chi connectivity index (χ1) is 7.90. The van der Waals surface area contributed by atoms with E-state index in [1.54, 1.807) is 0 Å². The van der Waals surface area contributed by atoms with E-state index in [0.717, 1.165) is 12.5 Å². The zero-order valence-corrected chi connectivity index (χ0v) is 10.9. The Balaban J connectivity index is 1.91. The molecule has 16 heavy (non-hydrogen) atoms. The summed E-state index contributed by atoms with van der Waals surface area (Å²) in [7, 11) is 2.01.